The molecule has 4 atom stereocenters. The van der Waals surface area contributed by atoms with Crippen LogP contribution >= 0.6 is 0 Å². The van der Waals surface area contributed by atoms with Crippen LogP contribution in [-0.4, -0.2) is 46.5 Å². The van der Waals surface area contributed by atoms with Gasteiger partial charge < -0.3 is 30.5 Å². The van der Waals surface area contributed by atoms with Crippen molar-refractivity contribution in [2.24, 2.45) is 0 Å². The van der Waals surface area contributed by atoms with E-state index in [0.717, 1.165) is 17.5 Å². The molecule has 1 saturated heterocycles. The van der Waals surface area contributed by atoms with Crippen molar-refractivity contribution in [3.63, 3.8) is 0 Å². The van der Waals surface area contributed by atoms with Gasteiger partial charge in [0.05, 0.1) is 18.8 Å². The lowest BCUT2D eigenvalue weighted by Gasteiger charge is -2.36. The molecule has 6 nitrogen and oxygen atoms in total. The molecule has 1 heterocycles. The molecule has 1 aliphatic heterocycles. The Morgan fingerprint density at radius 3 is 2.48 bits per heavy atom. The third-order valence-electron chi connectivity index (χ3n) is 4.87. The summed E-state index contributed by atoms with van der Waals surface area (Å²) >= 11 is 0. The number of hydrogen-bond donors (Lipinski definition) is 4. The first kappa shape index (κ1) is 19.6. The monoisotopic (exact) mass is 373 g/mol. The van der Waals surface area contributed by atoms with Gasteiger partial charge in [-0.25, -0.2) is 0 Å². The van der Waals surface area contributed by atoms with E-state index in [0.29, 0.717) is 17.9 Å². The second kappa shape index (κ2) is 8.71. The maximum absolute atomic E-state index is 10.2. The van der Waals surface area contributed by atoms with Crippen LogP contribution < -0.4 is 10.5 Å². The molecule has 2 aromatic carbocycles. The van der Waals surface area contributed by atoms with Crippen molar-refractivity contribution in [2.75, 3.05) is 12.3 Å². The normalized spacial score (nSPS) is 25.3. The number of benzene rings is 2. The first-order valence-electron chi connectivity index (χ1n) is 9.25. The van der Waals surface area contributed by atoms with Gasteiger partial charge in [0.15, 0.2) is 0 Å². The number of nitrogens with two attached hydrogens (primary N) is 1. The lowest BCUT2D eigenvalue weighted by Crippen LogP contribution is -2.51. The zero-order chi connectivity index (χ0) is 19.4. The van der Waals surface area contributed by atoms with Gasteiger partial charge in [-0.1, -0.05) is 37.3 Å². The molecule has 0 aromatic heterocycles. The molecular weight excluding hydrogens is 346 g/mol. The van der Waals surface area contributed by atoms with E-state index < -0.39 is 24.6 Å². The van der Waals surface area contributed by atoms with E-state index in [2.05, 4.69) is 31.2 Å². The number of anilines is 1. The molecular formula is C21H27NO5. The van der Waals surface area contributed by atoms with E-state index in [1.54, 1.807) is 12.1 Å². The van der Waals surface area contributed by atoms with Gasteiger partial charge in [-0.2, -0.15) is 0 Å². The van der Waals surface area contributed by atoms with E-state index in [9.17, 15) is 15.3 Å². The molecule has 1 fully saturated rings. The summed E-state index contributed by atoms with van der Waals surface area (Å²) in [5.41, 5.74) is 9.73. The molecule has 0 aliphatic carbocycles. The van der Waals surface area contributed by atoms with E-state index in [1.165, 1.54) is 5.56 Å². The Balaban J connectivity index is 1.80. The Morgan fingerprint density at radius 1 is 1.11 bits per heavy atom. The molecule has 0 unspecified atom stereocenters. The van der Waals surface area contributed by atoms with E-state index in [4.69, 9.17) is 15.2 Å². The third-order valence-corrected chi connectivity index (χ3v) is 4.87. The fraction of sp³-hybridized carbons (Fsp3) is 0.429. The van der Waals surface area contributed by atoms with E-state index >= 15 is 0 Å². The van der Waals surface area contributed by atoms with Crippen molar-refractivity contribution in [2.45, 2.75) is 50.8 Å². The summed E-state index contributed by atoms with van der Waals surface area (Å²) in [5, 5.41) is 29.5. The molecule has 5 N–H and O–H groups in total. The van der Waals surface area contributed by atoms with E-state index in [-0.39, 0.29) is 13.0 Å². The van der Waals surface area contributed by atoms with Crippen LogP contribution in [0.5, 0.6) is 5.75 Å². The minimum absolute atomic E-state index is 0.158. The molecule has 27 heavy (non-hydrogen) atoms. The zero-order valence-electron chi connectivity index (χ0n) is 15.4. The number of rotatable bonds is 6. The first-order valence-corrected chi connectivity index (χ1v) is 9.25. The fourth-order valence-corrected chi connectivity index (χ4v) is 3.20. The summed E-state index contributed by atoms with van der Waals surface area (Å²) < 4.78 is 11.5. The Kier molecular flexibility index (Phi) is 6.34. The summed E-state index contributed by atoms with van der Waals surface area (Å²) in [7, 11) is 0. The van der Waals surface area contributed by atoms with Crippen molar-refractivity contribution in [3.8, 4) is 5.75 Å². The van der Waals surface area contributed by atoms with Crippen molar-refractivity contribution in [3.05, 3.63) is 59.2 Å². The van der Waals surface area contributed by atoms with Crippen LogP contribution in [0.1, 0.15) is 30.0 Å². The zero-order valence-corrected chi connectivity index (χ0v) is 15.4. The van der Waals surface area contributed by atoms with Crippen LogP contribution in [-0.2, 0) is 17.6 Å². The van der Waals surface area contributed by atoms with Gasteiger partial charge in [0, 0.05) is 24.6 Å². The second-order valence-electron chi connectivity index (χ2n) is 6.93. The molecule has 0 amide bonds. The number of aryl methyl sites for hydroxylation is 1. The molecule has 2 aromatic rings. The van der Waals surface area contributed by atoms with Crippen LogP contribution in [0, 0.1) is 0 Å². The van der Waals surface area contributed by atoms with Gasteiger partial charge in [0.2, 0.25) is 6.29 Å². The summed E-state index contributed by atoms with van der Waals surface area (Å²) in [6, 6.07) is 13.7. The highest BCUT2D eigenvalue weighted by atomic mass is 16.7. The number of aliphatic hydroxyl groups excluding tert-OH is 3. The maximum Gasteiger partial charge on any atom is 0.229 e. The second-order valence-corrected chi connectivity index (χ2v) is 6.93. The lowest BCUT2D eigenvalue weighted by atomic mass is 10.0. The largest absolute Gasteiger partial charge is 0.462 e. The van der Waals surface area contributed by atoms with Crippen molar-refractivity contribution in [1.82, 2.24) is 0 Å². The number of aliphatic hydroxyl groups is 3. The Hall–Kier alpha value is -2.12. The van der Waals surface area contributed by atoms with Gasteiger partial charge in [0.25, 0.3) is 0 Å². The highest BCUT2D eigenvalue weighted by molar-refractivity contribution is 5.50. The molecule has 0 spiro atoms. The lowest BCUT2D eigenvalue weighted by molar-refractivity contribution is -0.240. The standard InChI is InChI=1S/C21H27NO5/c1-2-13-3-5-14(6-4-13)9-15-7-8-16(22)10-19(15)27-21-20(25)18(24)11-17(12-23)26-21/h3-8,10,17-18,20-21,23-25H,2,9,11-12,22H2,1H3/t17-,18-,20+,21-/m0/s1. The topological polar surface area (TPSA) is 105 Å². The molecule has 6 heteroatoms. The molecule has 146 valence electrons. The highest BCUT2D eigenvalue weighted by Crippen LogP contribution is 2.29. The van der Waals surface area contributed by atoms with Gasteiger partial charge in [-0.15, -0.1) is 0 Å². The Bertz CT molecular complexity index is 749. The molecule has 0 radical (unpaired) electrons. The van der Waals surface area contributed by atoms with Crippen LogP contribution in [0.2, 0.25) is 0 Å². The van der Waals surface area contributed by atoms with Crippen molar-refractivity contribution in [1.29, 1.82) is 0 Å². The van der Waals surface area contributed by atoms with Gasteiger partial charge in [0.1, 0.15) is 11.9 Å². The minimum Gasteiger partial charge on any atom is -0.462 e. The predicted octanol–water partition coefficient (Wildman–Crippen LogP) is 1.63. The number of nitrogen functional groups attached to an aromatic ring is 1. The number of hydrogen-bond acceptors (Lipinski definition) is 6. The van der Waals surface area contributed by atoms with E-state index in [1.807, 2.05) is 6.07 Å². The van der Waals surface area contributed by atoms with Crippen molar-refractivity contribution < 1.29 is 24.8 Å². The SMILES string of the molecule is CCc1ccc(Cc2ccc(N)cc2O[C@@H]2O[C@H](CO)C[C@H](O)[C@H]2O)cc1. The summed E-state index contributed by atoms with van der Waals surface area (Å²) in [6.07, 6.45) is -2.10. The summed E-state index contributed by atoms with van der Waals surface area (Å²) in [6.45, 7) is 1.86. The van der Waals surface area contributed by atoms with Crippen LogP contribution in [0.25, 0.3) is 0 Å². The van der Waals surface area contributed by atoms with Gasteiger partial charge in [-0.05, 0) is 29.2 Å². The minimum atomic E-state index is -1.20. The predicted molar refractivity (Wildman–Crippen MR) is 102 cm³/mol. The van der Waals surface area contributed by atoms with Gasteiger partial charge >= 0.3 is 0 Å². The fourth-order valence-electron chi connectivity index (χ4n) is 3.20. The molecule has 0 saturated carbocycles. The van der Waals surface area contributed by atoms with Crippen LogP contribution in [0.4, 0.5) is 5.69 Å². The van der Waals surface area contributed by atoms with Crippen LogP contribution in [0.15, 0.2) is 42.5 Å². The smallest absolute Gasteiger partial charge is 0.229 e. The average Bonchev–Trinajstić information content (AvgIpc) is 2.67. The van der Waals surface area contributed by atoms with Gasteiger partial charge in [-0.3, -0.25) is 0 Å². The first-order chi connectivity index (χ1) is 13.0. The molecule has 3 rings (SSSR count). The summed E-state index contributed by atoms with van der Waals surface area (Å²) in [4.78, 5) is 0. The maximum atomic E-state index is 10.2. The van der Waals surface area contributed by atoms with Crippen LogP contribution in [0.3, 0.4) is 0 Å². The van der Waals surface area contributed by atoms with Crippen molar-refractivity contribution >= 4 is 5.69 Å². The quantitative estimate of drug-likeness (QED) is 0.574. The Morgan fingerprint density at radius 2 is 1.81 bits per heavy atom. The summed E-state index contributed by atoms with van der Waals surface area (Å²) in [5.74, 6) is 0.490. The molecule has 0 bridgehead atoms. The Labute approximate surface area is 159 Å². The average molecular weight is 373 g/mol. The third kappa shape index (κ3) is 4.78. The molecule has 1 aliphatic rings. The highest BCUT2D eigenvalue weighted by Gasteiger charge is 2.38. The number of ether oxygens (including phenoxy) is 2.